The fourth-order valence-electron chi connectivity index (χ4n) is 2.18. The third-order valence-corrected chi connectivity index (χ3v) is 3.70. The summed E-state index contributed by atoms with van der Waals surface area (Å²) in [6, 6.07) is 8.16. The molecule has 0 amide bonds. The van der Waals surface area contributed by atoms with Crippen LogP contribution in [0.3, 0.4) is 0 Å². The van der Waals surface area contributed by atoms with Gasteiger partial charge in [0.05, 0.1) is 4.55 Å². The summed E-state index contributed by atoms with van der Waals surface area (Å²) in [6.07, 6.45) is 1.10. The summed E-state index contributed by atoms with van der Waals surface area (Å²) >= 11 is 2.22. The van der Waals surface area contributed by atoms with Crippen molar-refractivity contribution in [3.05, 3.63) is 35.0 Å². The molecule has 1 heterocycles. The molecule has 1 saturated carbocycles. The van der Waals surface area contributed by atoms with Crippen molar-refractivity contribution in [1.82, 2.24) is 5.06 Å². The number of nitrogens with zero attached hydrogens (tertiary/aromatic N) is 1. The Hall–Kier alpha value is -0.210. The Bertz CT molecular complexity index is 366. The molecular weight excluding hydrogens is 307 g/mol. The zero-order valence-corrected chi connectivity index (χ0v) is 10.2. The summed E-state index contributed by atoms with van der Waals surface area (Å²) in [5.74, 6) is 0.488. The van der Waals surface area contributed by atoms with Crippen LogP contribution < -0.4 is 5.23 Å². The summed E-state index contributed by atoms with van der Waals surface area (Å²) < 4.78 is 0.735. The van der Waals surface area contributed by atoms with Crippen molar-refractivity contribution in [2.75, 3.05) is 4.55 Å². The van der Waals surface area contributed by atoms with Crippen LogP contribution in [0, 0.1) is 5.21 Å². The second kappa shape index (κ2) is 3.67. The molecule has 0 aromatic heterocycles. The van der Waals surface area contributed by atoms with E-state index in [0.717, 1.165) is 22.2 Å². The summed E-state index contributed by atoms with van der Waals surface area (Å²) in [6.45, 7) is 0. The molecule has 2 aliphatic rings. The highest BCUT2D eigenvalue weighted by Gasteiger charge is 2.49. The Morgan fingerprint density at radius 3 is 3.13 bits per heavy atom. The molecule has 3 rings (SSSR count). The van der Waals surface area contributed by atoms with Gasteiger partial charge in [-0.25, -0.2) is 0 Å². The molecule has 80 valence electrons. The van der Waals surface area contributed by atoms with E-state index in [4.69, 9.17) is 4.94 Å². The molecule has 3 atom stereocenters. The third kappa shape index (κ3) is 1.58. The van der Waals surface area contributed by atoms with Crippen LogP contribution in [0.5, 0.6) is 0 Å². The maximum Gasteiger partial charge on any atom is 0.169 e. The van der Waals surface area contributed by atoms with Crippen molar-refractivity contribution in [2.45, 2.75) is 18.4 Å². The minimum Gasteiger partial charge on any atom is -0.593 e. The monoisotopic (exact) mass is 318 g/mol. The summed E-state index contributed by atoms with van der Waals surface area (Å²) in [5.41, 5.74) is 1.89. The van der Waals surface area contributed by atoms with Crippen LogP contribution in [0.25, 0.3) is 0 Å². The van der Waals surface area contributed by atoms with Crippen LogP contribution in [-0.2, 0) is 4.94 Å². The molecular formula is C10H11IN2O2. The van der Waals surface area contributed by atoms with Crippen LogP contribution in [-0.4, -0.2) is 15.7 Å². The number of hydroxylamine groups is 2. The number of hydrogen-bond donors (Lipinski definition) is 1. The summed E-state index contributed by atoms with van der Waals surface area (Å²) in [7, 11) is 0. The number of hydrogen-bond acceptors (Lipinski definition) is 3. The van der Waals surface area contributed by atoms with Gasteiger partial charge in [0.25, 0.3) is 0 Å². The third-order valence-electron chi connectivity index (χ3n) is 3.02. The average Bonchev–Trinajstić information content (AvgIpc) is 3.04. The lowest BCUT2D eigenvalue weighted by molar-refractivity contribution is -1.03. The molecule has 15 heavy (non-hydrogen) atoms. The number of rotatable bonds is 1. The number of nitrogens with one attached hydrogen (secondary N) is 1. The average molecular weight is 318 g/mol. The van der Waals surface area contributed by atoms with Gasteiger partial charge in [-0.1, -0.05) is 40.8 Å². The highest BCUT2D eigenvalue weighted by atomic mass is 127. The molecule has 3 unspecified atom stereocenters. The van der Waals surface area contributed by atoms with E-state index in [1.165, 1.54) is 0 Å². The van der Waals surface area contributed by atoms with Crippen molar-refractivity contribution in [3.8, 4) is 0 Å². The van der Waals surface area contributed by atoms with E-state index >= 15 is 0 Å². The first-order valence-electron chi connectivity index (χ1n) is 4.95. The largest absolute Gasteiger partial charge is 0.593 e. The lowest BCUT2D eigenvalue weighted by Crippen LogP contribution is -3.02. The number of fused-ring (bicyclic) bond motifs is 3. The van der Waals surface area contributed by atoms with Crippen molar-refractivity contribution in [2.24, 2.45) is 0 Å². The van der Waals surface area contributed by atoms with Gasteiger partial charge in [-0.15, -0.1) is 10.0 Å². The zero-order valence-electron chi connectivity index (χ0n) is 8.02. The van der Waals surface area contributed by atoms with Crippen LogP contribution in [0.1, 0.15) is 17.9 Å². The van der Waals surface area contributed by atoms with Gasteiger partial charge in [-0.2, -0.15) is 5.23 Å². The number of halogens is 1. The Kier molecular flexibility index (Phi) is 2.44. The highest BCUT2D eigenvalue weighted by molar-refractivity contribution is 14.1. The van der Waals surface area contributed by atoms with Gasteiger partial charge in [0.15, 0.2) is 5.69 Å². The first kappa shape index (κ1) is 9.98. The topological polar surface area (TPSA) is 40.0 Å². The van der Waals surface area contributed by atoms with Gasteiger partial charge >= 0.3 is 0 Å². The van der Waals surface area contributed by atoms with E-state index in [2.05, 4.69) is 22.6 Å². The first-order valence-corrected chi connectivity index (χ1v) is 6.47. The molecule has 0 radical (unpaired) electrons. The summed E-state index contributed by atoms with van der Waals surface area (Å²) in [5, 5.41) is 13.4. The highest BCUT2D eigenvalue weighted by Crippen LogP contribution is 2.47. The maximum absolute atomic E-state index is 11.8. The molecule has 1 aliphatic heterocycles. The minimum absolute atomic E-state index is 0.213. The quantitative estimate of drug-likeness (QED) is 0.365. The van der Waals surface area contributed by atoms with Crippen LogP contribution >= 0.6 is 22.6 Å². The van der Waals surface area contributed by atoms with Crippen LogP contribution in [0.4, 0.5) is 5.69 Å². The fraction of sp³-hybridized carbons (Fsp3) is 0.400. The van der Waals surface area contributed by atoms with E-state index in [-0.39, 0.29) is 5.23 Å². The summed E-state index contributed by atoms with van der Waals surface area (Å²) in [4.78, 5) is 5.33. The standard InChI is InChI=1S/C10H11IN2O2/c11-6-12-10-5-8(10)7-3-1-2-4-9(7)13(14)15-12/h1-4,8,10,13H,5-6H2. The molecule has 1 aliphatic carbocycles. The van der Waals surface area contributed by atoms with E-state index in [1.54, 1.807) is 5.06 Å². The Balaban J connectivity index is 2.01. The molecule has 0 saturated heterocycles. The van der Waals surface area contributed by atoms with Gasteiger partial charge in [0.2, 0.25) is 0 Å². The number of quaternary nitrogens is 1. The van der Waals surface area contributed by atoms with E-state index < -0.39 is 0 Å². The van der Waals surface area contributed by atoms with E-state index in [9.17, 15) is 5.21 Å². The fourth-order valence-corrected chi connectivity index (χ4v) is 2.82. The van der Waals surface area contributed by atoms with Crippen molar-refractivity contribution in [3.63, 3.8) is 0 Å². The predicted molar refractivity (Wildman–Crippen MR) is 63.4 cm³/mol. The van der Waals surface area contributed by atoms with Gasteiger partial charge in [0.1, 0.15) is 0 Å². The van der Waals surface area contributed by atoms with E-state index in [1.807, 2.05) is 24.3 Å². The molecule has 1 aromatic rings. The second-order valence-corrected chi connectivity index (χ2v) is 4.59. The second-order valence-electron chi connectivity index (χ2n) is 3.91. The van der Waals surface area contributed by atoms with Crippen molar-refractivity contribution < 1.29 is 10.2 Å². The smallest absolute Gasteiger partial charge is 0.169 e. The predicted octanol–water partition coefficient (Wildman–Crippen LogP) is 1.11. The molecule has 0 spiro atoms. The normalized spacial score (nSPS) is 34.1. The van der Waals surface area contributed by atoms with E-state index in [0.29, 0.717) is 12.0 Å². The molecule has 1 aromatic carbocycles. The first-order chi connectivity index (χ1) is 7.31. The molecule has 0 bridgehead atoms. The maximum atomic E-state index is 11.8. The molecule has 5 heteroatoms. The lowest BCUT2D eigenvalue weighted by atomic mass is 10.1. The van der Waals surface area contributed by atoms with Gasteiger partial charge < -0.3 is 5.21 Å². The Morgan fingerprint density at radius 1 is 1.53 bits per heavy atom. The minimum atomic E-state index is -0.213. The van der Waals surface area contributed by atoms with Crippen molar-refractivity contribution >= 4 is 28.3 Å². The van der Waals surface area contributed by atoms with Crippen LogP contribution in [0.2, 0.25) is 0 Å². The zero-order chi connectivity index (χ0) is 10.4. The van der Waals surface area contributed by atoms with Gasteiger partial charge in [-0.05, 0) is 6.42 Å². The Morgan fingerprint density at radius 2 is 2.33 bits per heavy atom. The van der Waals surface area contributed by atoms with Gasteiger partial charge in [-0.3, -0.25) is 0 Å². The van der Waals surface area contributed by atoms with Crippen LogP contribution in [0.15, 0.2) is 24.3 Å². The van der Waals surface area contributed by atoms with Crippen molar-refractivity contribution in [1.29, 1.82) is 0 Å². The molecule has 1 fully saturated rings. The molecule has 4 nitrogen and oxygen atoms in total. The van der Waals surface area contributed by atoms with Gasteiger partial charge in [0, 0.05) is 23.6 Å². The lowest BCUT2D eigenvalue weighted by Gasteiger charge is -2.23. The Labute approximate surface area is 101 Å². The molecule has 1 N–H and O–H groups in total. The number of alkyl halides is 1. The number of benzene rings is 1. The SMILES string of the molecule is [O-][NH+]1ON(CI)C2CC2c2ccccc21.